The zero-order valence-electron chi connectivity index (χ0n) is 12.9. The fourth-order valence-electron chi connectivity index (χ4n) is 3.43. The summed E-state index contributed by atoms with van der Waals surface area (Å²) in [6.45, 7) is 6.06. The van der Waals surface area contributed by atoms with Crippen LogP contribution in [0.15, 0.2) is 24.3 Å². The van der Waals surface area contributed by atoms with Crippen molar-refractivity contribution in [3.63, 3.8) is 0 Å². The van der Waals surface area contributed by atoms with Gasteiger partial charge in [-0.25, -0.2) is 0 Å². The fraction of sp³-hybridized carbons (Fsp3) is 0.647. The van der Waals surface area contributed by atoms with E-state index in [1.165, 1.54) is 5.56 Å². The van der Waals surface area contributed by atoms with Crippen LogP contribution in [0.25, 0.3) is 0 Å². The van der Waals surface area contributed by atoms with E-state index in [1.54, 1.807) is 7.11 Å². The zero-order chi connectivity index (χ0) is 14.5. The lowest BCUT2D eigenvalue weighted by atomic mass is 10.0. The molecule has 2 rings (SSSR count). The number of methoxy groups -OCH3 is 1. The van der Waals surface area contributed by atoms with Gasteiger partial charge in [-0.3, -0.25) is 4.90 Å². The summed E-state index contributed by atoms with van der Waals surface area (Å²) < 4.78 is 5.26. The van der Waals surface area contributed by atoms with Crippen molar-refractivity contribution in [3.05, 3.63) is 35.4 Å². The molecule has 112 valence electrons. The predicted molar refractivity (Wildman–Crippen MR) is 81.8 cm³/mol. The lowest BCUT2D eigenvalue weighted by Crippen LogP contribution is -2.46. The van der Waals surface area contributed by atoms with Crippen LogP contribution >= 0.6 is 0 Å². The van der Waals surface area contributed by atoms with Crippen molar-refractivity contribution in [1.29, 1.82) is 0 Å². The number of rotatable bonds is 7. The quantitative estimate of drug-likeness (QED) is 0.832. The van der Waals surface area contributed by atoms with E-state index in [4.69, 9.17) is 4.74 Å². The molecule has 2 atom stereocenters. The average Bonchev–Trinajstić information content (AvgIpc) is 2.81. The van der Waals surface area contributed by atoms with Gasteiger partial charge in [-0.05, 0) is 30.4 Å². The molecule has 0 fully saturated rings. The third-order valence-electron chi connectivity index (χ3n) is 4.56. The number of aliphatic hydroxyl groups excluding tert-OH is 1. The van der Waals surface area contributed by atoms with E-state index in [9.17, 15) is 5.11 Å². The normalized spacial score (nSPS) is 21.7. The number of hydrogen-bond donors (Lipinski definition) is 1. The summed E-state index contributed by atoms with van der Waals surface area (Å²) in [4.78, 5) is 2.45. The van der Waals surface area contributed by atoms with Gasteiger partial charge in [0, 0.05) is 25.7 Å². The third-order valence-corrected chi connectivity index (χ3v) is 4.56. The van der Waals surface area contributed by atoms with Crippen molar-refractivity contribution in [2.24, 2.45) is 0 Å². The second-order valence-electron chi connectivity index (χ2n) is 5.62. The van der Waals surface area contributed by atoms with Crippen LogP contribution in [-0.4, -0.2) is 42.4 Å². The Morgan fingerprint density at radius 2 is 2.00 bits per heavy atom. The van der Waals surface area contributed by atoms with Crippen molar-refractivity contribution < 1.29 is 9.84 Å². The highest BCUT2D eigenvalue weighted by Crippen LogP contribution is 2.35. The molecule has 20 heavy (non-hydrogen) atoms. The zero-order valence-corrected chi connectivity index (χ0v) is 12.9. The summed E-state index contributed by atoms with van der Waals surface area (Å²) >= 11 is 0. The smallest absolute Gasteiger partial charge is 0.0951 e. The standard InChI is InChI=1S/C17H27NO2/c1-4-14(5-2)18(10-11-20-3)16-12-13-8-6-7-9-15(13)17(16)19/h6-9,14,16-17,19H,4-5,10-12H2,1-3H3. The van der Waals surface area contributed by atoms with E-state index < -0.39 is 0 Å². The van der Waals surface area contributed by atoms with Gasteiger partial charge in [-0.2, -0.15) is 0 Å². The molecule has 2 unspecified atom stereocenters. The number of hydrogen-bond acceptors (Lipinski definition) is 3. The van der Waals surface area contributed by atoms with Gasteiger partial charge in [0.1, 0.15) is 0 Å². The molecule has 0 saturated carbocycles. The maximum atomic E-state index is 10.7. The summed E-state index contributed by atoms with van der Waals surface area (Å²) in [7, 11) is 1.74. The lowest BCUT2D eigenvalue weighted by molar-refractivity contribution is 0.0152. The molecule has 1 N–H and O–H groups in total. The van der Waals surface area contributed by atoms with Crippen LogP contribution < -0.4 is 0 Å². The maximum absolute atomic E-state index is 10.7. The Balaban J connectivity index is 2.18. The van der Waals surface area contributed by atoms with Crippen LogP contribution in [0.3, 0.4) is 0 Å². The van der Waals surface area contributed by atoms with Gasteiger partial charge in [0.2, 0.25) is 0 Å². The van der Waals surface area contributed by atoms with Gasteiger partial charge in [-0.15, -0.1) is 0 Å². The SMILES string of the molecule is CCC(CC)N(CCOC)C1Cc2ccccc2C1O. The molecule has 0 aromatic heterocycles. The molecular formula is C17H27NO2. The molecule has 1 aliphatic carbocycles. The molecule has 0 radical (unpaired) electrons. The summed E-state index contributed by atoms with van der Waals surface area (Å²) in [6.07, 6.45) is 2.79. The number of aliphatic hydroxyl groups is 1. The van der Waals surface area contributed by atoms with E-state index in [2.05, 4.69) is 36.9 Å². The summed E-state index contributed by atoms with van der Waals surface area (Å²) in [5.74, 6) is 0. The number of ether oxygens (including phenoxy) is 1. The number of fused-ring (bicyclic) bond motifs is 1. The minimum Gasteiger partial charge on any atom is -0.387 e. The van der Waals surface area contributed by atoms with Gasteiger partial charge < -0.3 is 9.84 Å². The first-order chi connectivity index (χ1) is 9.72. The Kier molecular flexibility index (Phi) is 5.58. The van der Waals surface area contributed by atoms with Crippen LogP contribution in [-0.2, 0) is 11.2 Å². The second-order valence-corrected chi connectivity index (χ2v) is 5.62. The van der Waals surface area contributed by atoms with Gasteiger partial charge in [-0.1, -0.05) is 38.1 Å². The molecular weight excluding hydrogens is 250 g/mol. The van der Waals surface area contributed by atoms with E-state index in [0.29, 0.717) is 6.04 Å². The molecule has 1 aliphatic rings. The lowest BCUT2D eigenvalue weighted by Gasteiger charge is -2.37. The van der Waals surface area contributed by atoms with Gasteiger partial charge in [0.25, 0.3) is 0 Å². The molecule has 0 spiro atoms. The number of nitrogens with zero attached hydrogens (tertiary/aromatic N) is 1. The highest BCUT2D eigenvalue weighted by molar-refractivity contribution is 5.36. The van der Waals surface area contributed by atoms with E-state index in [-0.39, 0.29) is 12.1 Å². The van der Waals surface area contributed by atoms with Crippen molar-refractivity contribution in [2.45, 2.75) is 51.3 Å². The van der Waals surface area contributed by atoms with Crippen molar-refractivity contribution in [1.82, 2.24) is 4.90 Å². The first kappa shape index (κ1) is 15.5. The van der Waals surface area contributed by atoms with Crippen molar-refractivity contribution in [3.8, 4) is 0 Å². The Bertz CT molecular complexity index is 417. The first-order valence-corrected chi connectivity index (χ1v) is 7.73. The minimum absolute atomic E-state index is 0.187. The molecule has 0 bridgehead atoms. The van der Waals surface area contributed by atoms with Crippen molar-refractivity contribution >= 4 is 0 Å². The van der Waals surface area contributed by atoms with Crippen LogP contribution in [0.5, 0.6) is 0 Å². The maximum Gasteiger partial charge on any atom is 0.0951 e. The van der Waals surface area contributed by atoms with E-state index in [1.807, 2.05) is 6.07 Å². The summed E-state index contributed by atoms with van der Waals surface area (Å²) in [5, 5.41) is 10.7. The molecule has 0 amide bonds. The van der Waals surface area contributed by atoms with Gasteiger partial charge >= 0.3 is 0 Å². The fourth-order valence-corrected chi connectivity index (χ4v) is 3.43. The Morgan fingerprint density at radius 3 is 2.60 bits per heavy atom. The van der Waals surface area contributed by atoms with Gasteiger partial charge in [0.05, 0.1) is 12.7 Å². The van der Waals surface area contributed by atoms with Gasteiger partial charge in [0.15, 0.2) is 0 Å². The molecule has 3 heteroatoms. The highest BCUT2D eigenvalue weighted by atomic mass is 16.5. The topological polar surface area (TPSA) is 32.7 Å². The molecule has 0 saturated heterocycles. The molecule has 3 nitrogen and oxygen atoms in total. The predicted octanol–water partition coefficient (Wildman–Crippen LogP) is 2.78. The monoisotopic (exact) mass is 277 g/mol. The molecule has 0 aliphatic heterocycles. The van der Waals surface area contributed by atoms with E-state index >= 15 is 0 Å². The Hall–Kier alpha value is -0.900. The highest BCUT2D eigenvalue weighted by Gasteiger charge is 2.36. The second kappa shape index (κ2) is 7.21. The van der Waals surface area contributed by atoms with Crippen LogP contribution in [0, 0.1) is 0 Å². The van der Waals surface area contributed by atoms with E-state index in [0.717, 1.165) is 38.0 Å². The van der Waals surface area contributed by atoms with Crippen LogP contribution in [0.4, 0.5) is 0 Å². The van der Waals surface area contributed by atoms with Crippen LogP contribution in [0.2, 0.25) is 0 Å². The van der Waals surface area contributed by atoms with Crippen molar-refractivity contribution in [2.75, 3.05) is 20.3 Å². The Labute approximate surface area is 122 Å². The molecule has 1 aromatic rings. The third kappa shape index (κ3) is 3.05. The summed E-state index contributed by atoms with van der Waals surface area (Å²) in [6, 6.07) is 8.97. The molecule has 1 aromatic carbocycles. The number of benzene rings is 1. The summed E-state index contributed by atoms with van der Waals surface area (Å²) in [5.41, 5.74) is 2.39. The molecule has 0 heterocycles. The Morgan fingerprint density at radius 1 is 1.30 bits per heavy atom. The minimum atomic E-state index is -0.372. The van der Waals surface area contributed by atoms with Crippen LogP contribution in [0.1, 0.15) is 43.9 Å². The first-order valence-electron chi connectivity index (χ1n) is 7.73. The largest absolute Gasteiger partial charge is 0.387 e. The average molecular weight is 277 g/mol.